The Morgan fingerprint density at radius 2 is 2.50 bits per heavy atom. The number of hydrogen-bond acceptors (Lipinski definition) is 3. The van der Waals surface area contributed by atoms with Crippen LogP contribution < -0.4 is 0 Å². The van der Waals surface area contributed by atoms with Crippen LogP contribution in [0.5, 0.6) is 0 Å². The lowest BCUT2D eigenvalue weighted by molar-refractivity contribution is -0.125. The minimum Gasteiger partial charge on any atom is -0.376 e. The fourth-order valence-electron chi connectivity index (χ4n) is 1.72. The second kappa shape index (κ2) is 5.40. The van der Waals surface area contributed by atoms with Gasteiger partial charge in [-0.2, -0.15) is 0 Å². The van der Waals surface area contributed by atoms with Gasteiger partial charge in [0.15, 0.2) is 0 Å². The molecule has 0 radical (unpaired) electrons. The number of likely N-dealkylation sites (tertiary alicyclic amines) is 1. The van der Waals surface area contributed by atoms with Crippen molar-refractivity contribution in [3.05, 3.63) is 10.4 Å². The fourth-order valence-corrected chi connectivity index (χ4v) is 1.72. The first-order chi connectivity index (χ1) is 7.67. The van der Waals surface area contributed by atoms with Crippen molar-refractivity contribution in [1.29, 1.82) is 0 Å². The van der Waals surface area contributed by atoms with Crippen LogP contribution in [0.2, 0.25) is 0 Å². The van der Waals surface area contributed by atoms with Gasteiger partial charge in [0.2, 0.25) is 0 Å². The highest BCUT2D eigenvalue weighted by Crippen LogP contribution is 2.25. The third-order valence-corrected chi connectivity index (χ3v) is 2.69. The molecule has 0 aromatic carbocycles. The summed E-state index contributed by atoms with van der Waals surface area (Å²) in [5, 5.41) is 3.52. The Bertz CT molecular complexity index is 378. The van der Waals surface area contributed by atoms with E-state index < -0.39 is 5.60 Å². The Labute approximate surface area is 94.2 Å². The van der Waals surface area contributed by atoms with Crippen molar-refractivity contribution in [1.82, 2.24) is 4.90 Å². The predicted molar refractivity (Wildman–Crippen MR) is 58.4 cm³/mol. The first-order valence-corrected chi connectivity index (χ1v) is 4.95. The summed E-state index contributed by atoms with van der Waals surface area (Å²) < 4.78 is 5.35. The van der Waals surface area contributed by atoms with E-state index in [0.717, 1.165) is 0 Å². The number of ether oxygens (including phenoxy) is 1. The Hall–Kier alpha value is -1.70. The van der Waals surface area contributed by atoms with E-state index in [1.165, 1.54) is 0 Å². The summed E-state index contributed by atoms with van der Waals surface area (Å²) in [6, 6.07) is 0. The van der Waals surface area contributed by atoms with Gasteiger partial charge in [0.1, 0.15) is 0 Å². The molecule has 1 heterocycles. The first-order valence-electron chi connectivity index (χ1n) is 4.95. The van der Waals surface area contributed by atoms with Gasteiger partial charge in [0, 0.05) is 18.6 Å². The van der Waals surface area contributed by atoms with Crippen molar-refractivity contribution in [2.24, 2.45) is 5.11 Å². The van der Waals surface area contributed by atoms with Crippen LogP contribution in [-0.2, 0) is 9.53 Å². The van der Waals surface area contributed by atoms with E-state index >= 15 is 0 Å². The van der Waals surface area contributed by atoms with Gasteiger partial charge >= 0.3 is 0 Å². The second-order valence-electron chi connectivity index (χ2n) is 3.63. The van der Waals surface area contributed by atoms with Crippen LogP contribution in [0, 0.1) is 11.8 Å². The van der Waals surface area contributed by atoms with Gasteiger partial charge < -0.3 is 9.64 Å². The monoisotopic (exact) mass is 222 g/mol. The average molecular weight is 222 g/mol. The highest BCUT2D eigenvalue weighted by molar-refractivity contribution is 5.93. The largest absolute Gasteiger partial charge is 0.376 e. The van der Waals surface area contributed by atoms with Crippen molar-refractivity contribution in [2.45, 2.75) is 18.9 Å². The third-order valence-electron chi connectivity index (χ3n) is 2.69. The van der Waals surface area contributed by atoms with Gasteiger partial charge in [-0.25, -0.2) is 0 Å². The summed E-state index contributed by atoms with van der Waals surface area (Å²) in [5.74, 6) is 4.85. The zero-order valence-electron chi connectivity index (χ0n) is 9.43. The molecule has 0 aromatic rings. The van der Waals surface area contributed by atoms with E-state index in [1.807, 2.05) is 0 Å². The first kappa shape index (κ1) is 12.4. The molecule has 1 aliphatic heterocycles. The number of azide groups is 1. The second-order valence-corrected chi connectivity index (χ2v) is 3.63. The summed E-state index contributed by atoms with van der Waals surface area (Å²) in [7, 11) is 1.56. The summed E-state index contributed by atoms with van der Waals surface area (Å²) in [4.78, 5) is 15.8. The van der Waals surface area contributed by atoms with E-state index in [4.69, 9.17) is 10.3 Å². The number of hydrogen-bond donors (Lipinski definition) is 0. The molecule has 6 nitrogen and oxygen atoms in total. The van der Waals surface area contributed by atoms with E-state index in [0.29, 0.717) is 19.5 Å². The van der Waals surface area contributed by atoms with Crippen LogP contribution in [0.15, 0.2) is 5.11 Å². The predicted octanol–water partition coefficient (Wildman–Crippen LogP) is 0.937. The zero-order valence-corrected chi connectivity index (χ0v) is 9.43. The molecule has 0 aromatic heterocycles. The van der Waals surface area contributed by atoms with Crippen LogP contribution in [0.1, 0.15) is 13.3 Å². The standard InChI is InChI=1S/C10H14N4O2/c1-3-4-9(15)14-6-5-10(8-14,16-2)7-12-13-11/h5-8H2,1-2H3/t10-/m0/s1. The molecule has 86 valence electrons. The minimum atomic E-state index is -0.544. The highest BCUT2D eigenvalue weighted by Gasteiger charge is 2.39. The molecule has 16 heavy (non-hydrogen) atoms. The fraction of sp³-hybridized carbons (Fsp3) is 0.700. The topological polar surface area (TPSA) is 78.3 Å². The van der Waals surface area contributed by atoms with Crippen molar-refractivity contribution in [2.75, 3.05) is 26.7 Å². The van der Waals surface area contributed by atoms with Crippen LogP contribution in [0.4, 0.5) is 0 Å². The van der Waals surface area contributed by atoms with Gasteiger partial charge in [-0.05, 0) is 24.8 Å². The lowest BCUT2D eigenvalue weighted by atomic mass is 10.0. The Balaban J connectivity index is 2.69. The number of carbonyl (C=O) groups is 1. The average Bonchev–Trinajstić information content (AvgIpc) is 2.72. The molecule has 1 rings (SSSR count). The molecule has 0 aliphatic carbocycles. The molecule has 0 saturated carbocycles. The van der Waals surface area contributed by atoms with Gasteiger partial charge in [-0.15, -0.1) is 0 Å². The molecule has 0 N–H and O–H groups in total. The Morgan fingerprint density at radius 3 is 3.06 bits per heavy atom. The van der Waals surface area contributed by atoms with Gasteiger partial charge in [0.25, 0.3) is 5.91 Å². The lowest BCUT2D eigenvalue weighted by Crippen LogP contribution is -2.39. The molecule has 1 fully saturated rings. The van der Waals surface area contributed by atoms with Gasteiger partial charge in [0.05, 0.1) is 18.7 Å². The van der Waals surface area contributed by atoms with E-state index in [1.54, 1.807) is 18.9 Å². The smallest absolute Gasteiger partial charge is 0.298 e. The van der Waals surface area contributed by atoms with Gasteiger partial charge in [-0.1, -0.05) is 11.0 Å². The highest BCUT2D eigenvalue weighted by atomic mass is 16.5. The normalized spacial score (nSPS) is 23.2. The molecular formula is C10H14N4O2. The zero-order chi connectivity index (χ0) is 12.0. The molecule has 1 saturated heterocycles. The summed E-state index contributed by atoms with van der Waals surface area (Å²) in [6.45, 7) is 2.87. The van der Waals surface area contributed by atoms with Crippen molar-refractivity contribution in [3.63, 3.8) is 0 Å². The number of nitrogens with zero attached hydrogens (tertiary/aromatic N) is 4. The molecular weight excluding hydrogens is 208 g/mol. The molecule has 6 heteroatoms. The maximum Gasteiger partial charge on any atom is 0.298 e. The van der Waals surface area contributed by atoms with Crippen molar-refractivity contribution in [3.8, 4) is 11.8 Å². The number of methoxy groups -OCH3 is 1. The maximum atomic E-state index is 11.5. The summed E-state index contributed by atoms with van der Waals surface area (Å²) in [6.07, 6.45) is 0.666. The Morgan fingerprint density at radius 1 is 1.75 bits per heavy atom. The maximum absolute atomic E-state index is 11.5. The van der Waals surface area contributed by atoms with Crippen LogP contribution in [-0.4, -0.2) is 43.2 Å². The third kappa shape index (κ3) is 2.66. The molecule has 0 bridgehead atoms. The lowest BCUT2D eigenvalue weighted by Gasteiger charge is -2.25. The molecule has 0 unspecified atom stereocenters. The van der Waals surface area contributed by atoms with Crippen molar-refractivity contribution >= 4 is 5.91 Å². The number of carbonyl (C=O) groups excluding carboxylic acids is 1. The molecule has 0 spiro atoms. The molecule has 1 aliphatic rings. The van der Waals surface area contributed by atoms with Crippen LogP contribution in [0.25, 0.3) is 10.4 Å². The molecule has 1 atom stereocenters. The van der Waals surface area contributed by atoms with E-state index in [-0.39, 0.29) is 12.5 Å². The number of amides is 1. The quantitative estimate of drug-likeness (QED) is 0.308. The summed E-state index contributed by atoms with van der Waals surface area (Å²) >= 11 is 0. The molecule has 1 amide bonds. The SMILES string of the molecule is CC#CC(=O)N1CC[C@@](CN=[N+]=[N-])(OC)C1. The van der Waals surface area contributed by atoms with Crippen molar-refractivity contribution < 1.29 is 9.53 Å². The minimum absolute atomic E-state index is 0.206. The Kier molecular flexibility index (Phi) is 4.18. The summed E-state index contributed by atoms with van der Waals surface area (Å²) in [5.41, 5.74) is 7.75. The van der Waals surface area contributed by atoms with Crippen LogP contribution in [0.3, 0.4) is 0 Å². The van der Waals surface area contributed by atoms with E-state index in [2.05, 4.69) is 21.9 Å². The van der Waals surface area contributed by atoms with Crippen LogP contribution >= 0.6 is 0 Å². The van der Waals surface area contributed by atoms with Gasteiger partial charge in [-0.3, -0.25) is 4.79 Å². The van der Waals surface area contributed by atoms with E-state index in [9.17, 15) is 4.79 Å². The number of rotatable bonds is 3.